The number of fused-ring (bicyclic) bond motifs is 4. The second-order valence-corrected chi connectivity index (χ2v) is 11.2. The van der Waals surface area contributed by atoms with E-state index in [0.717, 1.165) is 22.9 Å². The molecule has 0 aliphatic carbocycles. The third kappa shape index (κ3) is 3.50. The highest BCUT2D eigenvalue weighted by molar-refractivity contribution is 7.23. The standard InChI is InChI=1S/C26H24ClFN6O2S/c1-33(2)26(12-35)5-6-34(11-26)25-31-8-14-15-9-36-10-16(15)20(22(27)23(14)32-25)21-17(28)3-4-18-19(21)13(7-29)24(30)37-18/h3-4,8,35H,5-6,9-12,30H2,1-2H3. The van der Waals surface area contributed by atoms with E-state index in [1.807, 2.05) is 23.9 Å². The number of aliphatic hydroxyl groups is 1. The number of benzene rings is 2. The van der Waals surface area contributed by atoms with Crippen LogP contribution in [0.15, 0.2) is 18.3 Å². The zero-order valence-electron chi connectivity index (χ0n) is 20.3. The molecule has 11 heteroatoms. The summed E-state index contributed by atoms with van der Waals surface area (Å²) in [6, 6.07) is 5.15. The van der Waals surface area contributed by atoms with Crippen molar-refractivity contribution in [3.63, 3.8) is 0 Å². The fourth-order valence-electron chi connectivity index (χ4n) is 5.52. The lowest BCUT2D eigenvalue weighted by atomic mass is 9.91. The van der Waals surface area contributed by atoms with Crippen molar-refractivity contribution in [2.45, 2.75) is 25.2 Å². The molecule has 37 heavy (non-hydrogen) atoms. The summed E-state index contributed by atoms with van der Waals surface area (Å²) in [4.78, 5) is 13.6. The number of nitrogens with two attached hydrogens (primary N) is 1. The number of halogens is 2. The lowest BCUT2D eigenvalue weighted by Crippen LogP contribution is -2.49. The number of rotatable bonds is 4. The summed E-state index contributed by atoms with van der Waals surface area (Å²) in [7, 11) is 3.91. The van der Waals surface area contributed by atoms with Crippen LogP contribution in [0, 0.1) is 17.1 Å². The Bertz CT molecular complexity index is 1630. The maximum Gasteiger partial charge on any atom is 0.225 e. The largest absolute Gasteiger partial charge is 0.394 e. The van der Waals surface area contributed by atoms with E-state index >= 15 is 4.39 Å². The molecule has 1 atom stereocenters. The molecule has 3 N–H and O–H groups in total. The Morgan fingerprint density at radius 3 is 2.81 bits per heavy atom. The monoisotopic (exact) mass is 538 g/mol. The molecule has 8 nitrogen and oxygen atoms in total. The molecule has 1 fully saturated rings. The van der Waals surface area contributed by atoms with Gasteiger partial charge in [0.05, 0.1) is 41.5 Å². The first-order valence-corrected chi connectivity index (χ1v) is 13.0. The van der Waals surface area contributed by atoms with E-state index < -0.39 is 5.82 Å². The number of nitrogen functional groups attached to an aromatic ring is 1. The van der Waals surface area contributed by atoms with Crippen molar-refractivity contribution >= 4 is 54.9 Å². The number of aromatic nitrogens is 2. The minimum Gasteiger partial charge on any atom is -0.394 e. The Labute approximate surface area is 221 Å². The van der Waals surface area contributed by atoms with Crippen LogP contribution in [0.5, 0.6) is 0 Å². The van der Waals surface area contributed by atoms with Gasteiger partial charge in [-0.25, -0.2) is 14.4 Å². The molecule has 2 aliphatic heterocycles. The van der Waals surface area contributed by atoms with Crippen LogP contribution in [-0.4, -0.2) is 59.3 Å². The third-order valence-corrected chi connectivity index (χ3v) is 9.09. The summed E-state index contributed by atoms with van der Waals surface area (Å²) in [6.45, 7) is 1.84. The van der Waals surface area contributed by atoms with Gasteiger partial charge in [0.1, 0.15) is 16.9 Å². The summed E-state index contributed by atoms with van der Waals surface area (Å²) in [6.07, 6.45) is 2.51. The number of ether oxygens (including phenoxy) is 1. The minimum absolute atomic E-state index is 0.0219. The zero-order chi connectivity index (χ0) is 26.1. The molecule has 2 aliphatic rings. The van der Waals surface area contributed by atoms with Crippen molar-refractivity contribution in [2.75, 3.05) is 44.4 Å². The number of hydrogen-bond acceptors (Lipinski definition) is 9. The average Bonchev–Trinajstić information content (AvgIpc) is 3.62. The quantitative estimate of drug-likeness (QED) is 0.396. The summed E-state index contributed by atoms with van der Waals surface area (Å²) in [5.74, 6) is -0.00255. The number of nitriles is 1. The molecule has 0 saturated carbocycles. The fraction of sp³-hybridized carbons (Fsp3) is 0.346. The van der Waals surface area contributed by atoms with Crippen LogP contribution in [0.2, 0.25) is 5.02 Å². The van der Waals surface area contributed by atoms with Gasteiger partial charge in [-0.2, -0.15) is 5.26 Å². The normalized spacial score (nSPS) is 19.3. The van der Waals surface area contributed by atoms with E-state index in [-0.39, 0.29) is 34.9 Å². The SMILES string of the molecule is CN(C)C1(CO)CCN(c2ncc3c4c(c(-c5c(F)ccc6sc(N)c(C#N)c56)c(Cl)c3n2)COC4)C1. The number of anilines is 2. The molecule has 0 radical (unpaired) electrons. The van der Waals surface area contributed by atoms with Gasteiger partial charge in [-0.3, -0.25) is 4.90 Å². The summed E-state index contributed by atoms with van der Waals surface area (Å²) < 4.78 is 22.1. The summed E-state index contributed by atoms with van der Waals surface area (Å²) in [5.41, 5.74) is 8.81. The molecule has 0 bridgehead atoms. The Balaban J connectivity index is 1.59. The summed E-state index contributed by atoms with van der Waals surface area (Å²) in [5, 5.41) is 21.7. The first-order chi connectivity index (χ1) is 17.8. The smallest absolute Gasteiger partial charge is 0.225 e. The molecule has 2 aromatic heterocycles. The van der Waals surface area contributed by atoms with Gasteiger partial charge in [-0.1, -0.05) is 11.6 Å². The van der Waals surface area contributed by atoms with Crippen molar-refractivity contribution in [1.82, 2.24) is 14.9 Å². The highest BCUT2D eigenvalue weighted by Crippen LogP contribution is 2.48. The van der Waals surface area contributed by atoms with Gasteiger partial charge in [0, 0.05) is 45.9 Å². The highest BCUT2D eigenvalue weighted by atomic mass is 35.5. The van der Waals surface area contributed by atoms with Crippen LogP contribution in [-0.2, 0) is 18.0 Å². The Morgan fingerprint density at radius 2 is 2.11 bits per heavy atom. The van der Waals surface area contributed by atoms with E-state index in [4.69, 9.17) is 27.1 Å². The molecular formula is C26H24ClFN6O2S. The molecule has 4 aromatic rings. The number of nitrogens with zero attached hydrogens (tertiary/aromatic N) is 5. The Morgan fingerprint density at radius 1 is 1.32 bits per heavy atom. The van der Waals surface area contributed by atoms with Gasteiger partial charge in [0.25, 0.3) is 0 Å². The molecule has 6 rings (SSSR count). The van der Waals surface area contributed by atoms with Gasteiger partial charge in [-0.05, 0) is 43.8 Å². The molecule has 1 unspecified atom stereocenters. The topological polar surface area (TPSA) is 112 Å². The van der Waals surface area contributed by atoms with Crippen LogP contribution in [0.3, 0.4) is 0 Å². The van der Waals surface area contributed by atoms with Gasteiger partial charge in [-0.15, -0.1) is 11.3 Å². The summed E-state index contributed by atoms with van der Waals surface area (Å²) >= 11 is 8.30. The van der Waals surface area contributed by atoms with Gasteiger partial charge >= 0.3 is 0 Å². The fourth-order valence-corrected chi connectivity index (χ4v) is 6.80. The lowest BCUT2D eigenvalue weighted by molar-refractivity contribution is 0.0866. The van der Waals surface area contributed by atoms with Crippen LogP contribution in [0.25, 0.3) is 32.1 Å². The van der Waals surface area contributed by atoms with E-state index in [1.54, 1.807) is 12.3 Å². The van der Waals surface area contributed by atoms with Gasteiger partial charge in [0.2, 0.25) is 5.95 Å². The predicted octanol–water partition coefficient (Wildman–Crippen LogP) is 4.29. The maximum atomic E-state index is 15.6. The van der Waals surface area contributed by atoms with E-state index in [9.17, 15) is 10.4 Å². The van der Waals surface area contributed by atoms with Crippen LogP contribution in [0.1, 0.15) is 23.1 Å². The van der Waals surface area contributed by atoms with Crippen molar-refractivity contribution < 1.29 is 14.2 Å². The molecular weight excluding hydrogens is 515 g/mol. The number of hydrogen-bond donors (Lipinski definition) is 2. The molecule has 2 aromatic carbocycles. The van der Waals surface area contributed by atoms with Gasteiger partial charge in [0.15, 0.2) is 0 Å². The predicted molar refractivity (Wildman–Crippen MR) is 143 cm³/mol. The number of aliphatic hydroxyl groups excluding tert-OH is 1. The molecule has 4 heterocycles. The van der Waals surface area contributed by atoms with E-state index in [0.29, 0.717) is 51.8 Å². The Hall–Kier alpha value is -3.07. The van der Waals surface area contributed by atoms with Crippen molar-refractivity contribution in [2.24, 2.45) is 0 Å². The van der Waals surface area contributed by atoms with Gasteiger partial charge < -0.3 is 20.5 Å². The van der Waals surface area contributed by atoms with Crippen LogP contribution in [0.4, 0.5) is 15.3 Å². The molecule has 0 spiro atoms. The van der Waals surface area contributed by atoms with Crippen molar-refractivity contribution in [3.8, 4) is 17.2 Å². The van der Waals surface area contributed by atoms with E-state index in [1.165, 1.54) is 17.4 Å². The van der Waals surface area contributed by atoms with Crippen molar-refractivity contribution in [3.05, 3.63) is 45.9 Å². The van der Waals surface area contributed by atoms with Crippen LogP contribution >= 0.6 is 22.9 Å². The van der Waals surface area contributed by atoms with Crippen LogP contribution < -0.4 is 10.6 Å². The lowest BCUT2D eigenvalue weighted by Gasteiger charge is -2.34. The Kier molecular flexibility index (Phi) is 5.74. The second-order valence-electron chi connectivity index (χ2n) is 9.77. The first kappa shape index (κ1) is 24.3. The molecule has 190 valence electrons. The number of thiophene rings is 1. The van der Waals surface area contributed by atoms with Crippen molar-refractivity contribution in [1.29, 1.82) is 5.26 Å². The maximum absolute atomic E-state index is 15.6. The minimum atomic E-state index is -0.496. The zero-order valence-corrected chi connectivity index (χ0v) is 21.9. The molecule has 0 amide bonds. The third-order valence-electron chi connectivity index (χ3n) is 7.74. The van der Waals surface area contributed by atoms with E-state index in [2.05, 4.69) is 11.1 Å². The molecule has 1 saturated heterocycles. The first-order valence-electron chi connectivity index (χ1n) is 11.8. The average molecular weight is 539 g/mol. The highest BCUT2D eigenvalue weighted by Gasteiger charge is 2.41. The second kappa shape index (κ2) is 8.75. The number of likely N-dealkylation sites (N-methyl/N-ethyl adjacent to an activating group) is 1.